The summed E-state index contributed by atoms with van der Waals surface area (Å²) >= 11 is 0. The van der Waals surface area contributed by atoms with Crippen LogP contribution in [0.1, 0.15) is 70.0 Å². The van der Waals surface area contributed by atoms with Gasteiger partial charge >= 0.3 is 0 Å². The summed E-state index contributed by atoms with van der Waals surface area (Å²) in [5.74, 6) is 1.05. The first-order chi connectivity index (χ1) is 35.7. The maximum atomic E-state index is 15.1. The molecule has 18 heteroatoms. The first-order valence-electron chi connectivity index (χ1n) is 26.3. The predicted molar refractivity (Wildman–Crippen MR) is 274 cm³/mol. The molecular formula is C55H68FN11O6. The summed E-state index contributed by atoms with van der Waals surface area (Å²) in [6.07, 6.45) is 8.14. The highest BCUT2D eigenvalue weighted by Gasteiger charge is 2.31. The maximum absolute atomic E-state index is 15.1. The lowest BCUT2D eigenvalue weighted by Gasteiger charge is -2.40. The van der Waals surface area contributed by atoms with E-state index >= 15 is 4.39 Å². The van der Waals surface area contributed by atoms with Gasteiger partial charge in [-0.3, -0.25) is 29.0 Å². The van der Waals surface area contributed by atoms with Crippen molar-refractivity contribution in [3.05, 3.63) is 129 Å². The van der Waals surface area contributed by atoms with Crippen molar-refractivity contribution < 1.29 is 28.2 Å². The van der Waals surface area contributed by atoms with Crippen LogP contribution < -0.4 is 10.3 Å². The van der Waals surface area contributed by atoms with Gasteiger partial charge in [0, 0.05) is 121 Å². The second-order valence-corrected chi connectivity index (χ2v) is 20.4. The number of carbonyl (C=O) groups excluding carboxylic acids is 3. The van der Waals surface area contributed by atoms with Crippen molar-refractivity contribution in [1.29, 1.82) is 0 Å². The van der Waals surface area contributed by atoms with Gasteiger partial charge < -0.3 is 34.0 Å². The summed E-state index contributed by atoms with van der Waals surface area (Å²) in [6, 6.07) is 20.0. The fraction of sp³-hybridized carbons (Fsp3) is 0.509. The van der Waals surface area contributed by atoms with Crippen LogP contribution in [0.2, 0.25) is 0 Å². The highest BCUT2D eigenvalue weighted by atomic mass is 19.1. The Morgan fingerprint density at radius 2 is 1.48 bits per heavy atom. The number of benzene rings is 3. The van der Waals surface area contributed by atoms with E-state index in [4.69, 9.17) is 9.47 Å². The number of carbonyl (C=O) groups is 3. The smallest absolute Gasteiger partial charge is 0.272 e. The number of piperidine rings is 2. The van der Waals surface area contributed by atoms with Crippen LogP contribution in [0.15, 0.2) is 84.0 Å². The highest BCUT2D eigenvalue weighted by molar-refractivity contribution is 5.95. The fourth-order valence-electron chi connectivity index (χ4n) is 11.3. The van der Waals surface area contributed by atoms with Crippen LogP contribution in [0.3, 0.4) is 0 Å². The van der Waals surface area contributed by atoms with Gasteiger partial charge in [0.25, 0.3) is 11.5 Å². The molecule has 4 fully saturated rings. The Hall–Kier alpha value is -6.18. The van der Waals surface area contributed by atoms with Crippen LogP contribution in [-0.4, -0.2) is 197 Å². The first-order valence-corrected chi connectivity index (χ1v) is 26.3. The number of ether oxygens (including phenoxy) is 2. The van der Waals surface area contributed by atoms with E-state index in [0.29, 0.717) is 100 Å². The Morgan fingerprint density at radius 3 is 2.30 bits per heavy atom. The van der Waals surface area contributed by atoms with Gasteiger partial charge in [0.1, 0.15) is 24.5 Å². The molecule has 3 aromatic carbocycles. The molecule has 1 N–H and O–H groups in total. The Kier molecular flexibility index (Phi) is 16.4. The number of aromatic nitrogens is 4. The second kappa shape index (κ2) is 23.8. The SMILES string of the molecule is O=C(CN1CCN(CC2CCN(CCOCCOc3cccc([C@@H]4CCCN(C(=O)CN5Cc6cncnc6C5)C4)c3)CC2)CC1)N1CCN(C(=O)c2cc(Cc3n[nH]c(=O)c4ccccc34)ccc2F)CC1. The van der Waals surface area contributed by atoms with Crippen molar-refractivity contribution in [2.75, 3.05) is 125 Å². The number of rotatable bonds is 17. The molecule has 5 aliphatic heterocycles. The predicted octanol–water partition coefficient (Wildman–Crippen LogP) is 3.87. The quantitative estimate of drug-likeness (QED) is 0.134. The van der Waals surface area contributed by atoms with Crippen molar-refractivity contribution in [3.8, 4) is 5.75 Å². The Labute approximate surface area is 426 Å². The minimum absolute atomic E-state index is 0.00606. The number of aromatic amines is 1. The van der Waals surface area contributed by atoms with Gasteiger partial charge in [0.05, 0.1) is 48.6 Å². The molecule has 17 nitrogen and oxygen atoms in total. The van der Waals surface area contributed by atoms with Crippen molar-refractivity contribution >= 4 is 28.5 Å². The molecule has 1 atom stereocenters. The molecular weight excluding hydrogens is 930 g/mol. The van der Waals surface area contributed by atoms with Gasteiger partial charge in [0.15, 0.2) is 0 Å². The van der Waals surface area contributed by atoms with Crippen LogP contribution >= 0.6 is 0 Å². The largest absolute Gasteiger partial charge is 0.491 e. The topological polar surface area (TPSA) is 164 Å². The molecule has 4 saturated heterocycles. The molecule has 7 heterocycles. The zero-order valence-corrected chi connectivity index (χ0v) is 41.8. The summed E-state index contributed by atoms with van der Waals surface area (Å²) in [5, 5.41) is 8.02. The molecule has 5 aromatic rings. The first kappa shape index (κ1) is 50.4. The third kappa shape index (κ3) is 12.8. The van der Waals surface area contributed by atoms with Gasteiger partial charge in [0.2, 0.25) is 11.8 Å². The molecule has 0 saturated carbocycles. The minimum atomic E-state index is -0.591. The molecule has 3 amide bonds. The zero-order valence-electron chi connectivity index (χ0n) is 41.8. The van der Waals surface area contributed by atoms with E-state index in [1.807, 2.05) is 40.3 Å². The lowest BCUT2D eigenvalue weighted by Crippen LogP contribution is -2.55. The number of hydrogen-bond donors (Lipinski definition) is 1. The van der Waals surface area contributed by atoms with E-state index in [1.54, 1.807) is 35.5 Å². The summed E-state index contributed by atoms with van der Waals surface area (Å²) in [5.41, 5.74) is 4.41. The Balaban J connectivity index is 0.570. The van der Waals surface area contributed by atoms with Crippen molar-refractivity contribution in [2.24, 2.45) is 5.92 Å². The number of fused-ring (bicyclic) bond motifs is 2. The minimum Gasteiger partial charge on any atom is -0.491 e. The molecule has 5 aliphatic rings. The van der Waals surface area contributed by atoms with E-state index in [2.05, 4.69) is 51.9 Å². The van der Waals surface area contributed by atoms with Crippen LogP contribution in [0.25, 0.3) is 10.8 Å². The average Bonchev–Trinajstić information content (AvgIpc) is 3.84. The third-order valence-electron chi connectivity index (χ3n) is 15.5. The maximum Gasteiger partial charge on any atom is 0.272 e. The van der Waals surface area contributed by atoms with Crippen molar-refractivity contribution in [3.63, 3.8) is 0 Å². The molecule has 0 spiro atoms. The molecule has 10 rings (SSSR count). The molecule has 73 heavy (non-hydrogen) atoms. The van der Waals surface area contributed by atoms with Gasteiger partial charge in [-0.2, -0.15) is 5.10 Å². The van der Waals surface area contributed by atoms with Gasteiger partial charge in [-0.15, -0.1) is 0 Å². The van der Waals surface area contributed by atoms with Crippen molar-refractivity contribution in [2.45, 2.75) is 51.1 Å². The van der Waals surface area contributed by atoms with E-state index in [1.165, 1.54) is 24.5 Å². The molecule has 0 radical (unpaired) electrons. The molecule has 0 aliphatic carbocycles. The van der Waals surface area contributed by atoms with Gasteiger partial charge in [-0.25, -0.2) is 19.5 Å². The number of hydrogen-bond acceptors (Lipinski definition) is 13. The monoisotopic (exact) mass is 998 g/mol. The van der Waals surface area contributed by atoms with Crippen molar-refractivity contribution in [1.82, 2.24) is 54.5 Å². The van der Waals surface area contributed by atoms with Crippen LogP contribution in [0.5, 0.6) is 5.75 Å². The third-order valence-corrected chi connectivity index (χ3v) is 15.5. The number of H-pyrrole nitrogens is 1. The standard InChI is InChI=1S/C55H68FN11O6/c56-49-11-10-41(30-50-46-8-1-2-9-47(46)54(70)60-59-50)29-48(49)55(71)66-23-21-65(22-24-66)52(68)37-63-19-17-62(18-20-63)33-40-12-15-61(16-13-40)25-26-72-27-28-73-45-7-3-5-42(31-45)43-6-4-14-67(35-43)53(69)38-64-34-44-32-57-39-58-51(44)36-64/h1-3,5,7-11,29,31-32,39-40,43H,4,6,12-28,30,33-38H2,(H,60,70)/t43-/m1/s1. The molecule has 0 bridgehead atoms. The number of nitrogens with zero attached hydrogens (tertiary/aromatic N) is 10. The molecule has 0 unspecified atom stereocenters. The fourth-order valence-corrected chi connectivity index (χ4v) is 11.3. The number of piperazine rings is 2. The summed E-state index contributed by atoms with van der Waals surface area (Å²) < 4.78 is 27.2. The van der Waals surface area contributed by atoms with E-state index in [9.17, 15) is 19.2 Å². The van der Waals surface area contributed by atoms with Crippen LogP contribution in [0.4, 0.5) is 4.39 Å². The van der Waals surface area contributed by atoms with E-state index in [0.717, 1.165) is 102 Å². The van der Waals surface area contributed by atoms with Gasteiger partial charge in [-0.05, 0) is 86.1 Å². The average molecular weight is 998 g/mol. The number of halogens is 1. The van der Waals surface area contributed by atoms with Gasteiger partial charge in [-0.1, -0.05) is 36.4 Å². The van der Waals surface area contributed by atoms with Crippen LogP contribution in [-0.2, 0) is 33.8 Å². The number of amides is 3. The molecule has 2 aromatic heterocycles. The Bertz CT molecular complexity index is 2750. The normalized spacial score (nSPS) is 19.6. The van der Waals surface area contributed by atoms with Crippen LogP contribution in [0, 0.1) is 11.7 Å². The number of likely N-dealkylation sites (tertiary alicyclic amines) is 2. The highest BCUT2D eigenvalue weighted by Crippen LogP contribution is 2.30. The summed E-state index contributed by atoms with van der Waals surface area (Å²) in [4.78, 5) is 76.0. The molecule has 386 valence electrons. The second-order valence-electron chi connectivity index (χ2n) is 20.4. The summed E-state index contributed by atoms with van der Waals surface area (Å²) in [6.45, 7) is 14.7. The lowest BCUT2D eigenvalue weighted by molar-refractivity contribution is -0.134. The lowest BCUT2D eigenvalue weighted by atomic mass is 9.90. The zero-order chi connectivity index (χ0) is 50.1. The number of nitrogens with one attached hydrogen (secondary N) is 1. The van der Waals surface area contributed by atoms with E-state index < -0.39 is 11.7 Å². The Morgan fingerprint density at radius 1 is 0.712 bits per heavy atom. The van der Waals surface area contributed by atoms with E-state index in [-0.39, 0.29) is 28.9 Å². The summed E-state index contributed by atoms with van der Waals surface area (Å²) in [7, 11) is 0.